The third-order valence-electron chi connectivity index (χ3n) is 6.60. The van der Waals surface area contributed by atoms with E-state index in [1.165, 1.54) is 9.80 Å². The van der Waals surface area contributed by atoms with Crippen LogP contribution < -0.4 is 0 Å². The highest BCUT2D eigenvalue weighted by atomic mass is 35.5. The largest absolute Gasteiger partial charge is 0.441 e. The van der Waals surface area contributed by atoms with E-state index in [0.717, 1.165) is 11.1 Å². The van der Waals surface area contributed by atoms with Crippen molar-refractivity contribution in [2.24, 2.45) is 0 Å². The minimum absolute atomic E-state index is 0.340. The minimum atomic E-state index is -1.02. The summed E-state index contributed by atoms with van der Waals surface area (Å²) < 4.78 is 32.9. The molecule has 2 aliphatic heterocycles. The van der Waals surface area contributed by atoms with E-state index in [2.05, 4.69) is 0 Å². The Kier molecular flexibility index (Phi) is 10.4. The predicted octanol–water partition coefficient (Wildman–Crippen LogP) is 2.23. The molecule has 0 aromatic heterocycles. The van der Waals surface area contributed by atoms with E-state index in [0.29, 0.717) is 13.2 Å². The molecule has 0 aromatic carbocycles. The number of rotatable bonds is 2. The highest BCUT2D eigenvalue weighted by Gasteiger charge is 2.48. The van der Waals surface area contributed by atoms with Crippen LogP contribution in [0, 0.1) is 0 Å². The zero-order valence-electron chi connectivity index (χ0n) is 24.0. The van der Waals surface area contributed by atoms with Crippen LogP contribution in [0.5, 0.6) is 0 Å². The fourth-order valence-corrected chi connectivity index (χ4v) is 5.13. The lowest BCUT2D eigenvalue weighted by atomic mass is 9.90. The highest BCUT2D eigenvalue weighted by Crippen LogP contribution is 2.36. The van der Waals surface area contributed by atoms with Crippen LogP contribution in [0.3, 0.4) is 0 Å². The van der Waals surface area contributed by atoms with Crippen LogP contribution in [0.2, 0.25) is 0 Å². The lowest BCUT2D eigenvalue weighted by Crippen LogP contribution is -2.56. The molecule has 2 fully saturated rings. The maximum Gasteiger partial charge on any atom is 0.409 e. The summed E-state index contributed by atoms with van der Waals surface area (Å²) >= 11 is 12.3. The van der Waals surface area contributed by atoms with Crippen molar-refractivity contribution in [3.8, 4) is 0 Å². The first-order valence-electron chi connectivity index (χ1n) is 12.9. The van der Waals surface area contributed by atoms with Crippen LogP contribution in [0.15, 0.2) is 23.3 Å². The van der Waals surface area contributed by atoms with Gasteiger partial charge in [-0.1, -0.05) is 12.2 Å². The van der Waals surface area contributed by atoms with Gasteiger partial charge in [0.1, 0.15) is 24.4 Å². The number of alkyl halides is 2. The van der Waals surface area contributed by atoms with Gasteiger partial charge in [-0.2, -0.15) is 0 Å². The van der Waals surface area contributed by atoms with Crippen LogP contribution in [0.25, 0.3) is 0 Å². The van der Waals surface area contributed by atoms with E-state index < -0.39 is 71.1 Å². The second-order valence-corrected chi connectivity index (χ2v) is 12.3. The summed E-state index contributed by atoms with van der Waals surface area (Å²) in [5.74, 6) is -1.59. The normalized spacial score (nSPS) is 35.8. The summed E-state index contributed by atoms with van der Waals surface area (Å²) in [6.07, 6.45) is -2.56. The number of amides is 2. The van der Waals surface area contributed by atoms with E-state index >= 15 is 0 Å². The molecule has 8 atom stereocenters. The summed E-state index contributed by atoms with van der Waals surface area (Å²) in [6.45, 7) is 7.75. The summed E-state index contributed by atoms with van der Waals surface area (Å²) in [5.41, 5.74) is 1.54. The molecule has 0 radical (unpaired) electrons. The Morgan fingerprint density at radius 2 is 1.10 bits per heavy atom. The number of carbonyl (C=O) groups is 2. The molecule has 0 saturated carbocycles. The van der Waals surface area contributed by atoms with Gasteiger partial charge in [-0.15, -0.1) is 23.2 Å². The molecule has 0 spiro atoms. The van der Waals surface area contributed by atoms with Crippen LogP contribution >= 0.6 is 23.2 Å². The van der Waals surface area contributed by atoms with E-state index in [1.54, 1.807) is 68.0 Å². The molecule has 2 heterocycles. The summed E-state index contributed by atoms with van der Waals surface area (Å²) in [5, 5.41) is 19.6. The van der Waals surface area contributed by atoms with Crippen molar-refractivity contribution in [1.29, 1.82) is 0 Å². The minimum Gasteiger partial charge on any atom is -0.441 e. The van der Waals surface area contributed by atoms with Gasteiger partial charge in [0.2, 0.25) is 0 Å². The molecule has 2 aliphatic carbocycles. The molecule has 2 amide bonds. The quantitative estimate of drug-likeness (QED) is 0.354. The number of ether oxygens (including phenoxy) is 6. The van der Waals surface area contributed by atoms with Gasteiger partial charge in [-0.25, -0.2) is 9.59 Å². The number of nitrogens with zero attached hydrogens (tertiary/aromatic N) is 2. The molecule has 12 nitrogen and oxygen atoms in total. The molecule has 2 N–H and O–H groups in total. The first-order valence-corrected chi connectivity index (χ1v) is 13.7. The second-order valence-electron chi connectivity index (χ2n) is 11.3. The molecule has 228 valence electrons. The van der Waals surface area contributed by atoms with Crippen molar-refractivity contribution < 1.29 is 48.2 Å². The number of carbonyl (C=O) groups excluding carboxylic acids is 2. The molecule has 14 heteroatoms. The Morgan fingerprint density at radius 1 is 0.775 bits per heavy atom. The molecular weight excluding hydrogens is 571 g/mol. The number of hydrogen-bond acceptors (Lipinski definition) is 10. The Bertz CT molecular complexity index is 924. The van der Waals surface area contributed by atoms with Gasteiger partial charge in [-0.3, -0.25) is 0 Å². The zero-order valence-corrected chi connectivity index (χ0v) is 25.5. The molecular formula is C26H40Cl2N2O10. The second kappa shape index (κ2) is 12.7. The lowest BCUT2D eigenvalue weighted by Gasteiger charge is -2.44. The number of fused-ring (bicyclic) bond motifs is 2. The first-order chi connectivity index (χ1) is 18.4. The number of halogens is 2. The third kappa shape index (κ3) is 7.80. The number of aliphatic hydroxyl groups is 2. The van der Waals surface area contributed by atoms with Gasteiger partial charge >= 0.3 is 12.2 Å². The molecule has 2 saturated heterocycles. The highest BCUT2D eigenvalue weighted by molar-refractivity contribution is 6.22. The van der Waals surface area contributed by atoms with Crippen LogP contribution in [-0.2, 0) is 28.4 Å². The molecule has 4 rings (SSSR count). The predicted molar refractivity (Wildman–Crippen MR) is 145 cm³/mol. The fourth-order valence-electron chi connectivity index (χ4n) is 4.41. The van der Waals surface area contributed by atoms with E-state index in [1.807, 2.05) is 0 Å². The van der Waals surface area contributed by atoms with Gasteiger partial charge in [0.15, 0.2) is 23.8 Å². The van der Waals surface area contributed by atoms with Gasteiger partial charge < -0.3 is 48.4 Å². The van der Waals surface area contributed by atoms with Crippen molar-refractivity contribution in [3.05, 3.63) is 23.3 Å². The number of aliphatic hydroxyl groups excluding tert-OH is 2. The maximum absolute atomic E-state index is 11.6. The van der Waals surface area contributed by atoms with Crippen molar-refractivity contribution in [2.75, 3.05) is 41.4 Å². The molecule has 0 unspecified atom stereocenters. The van der Waals surface area contributed by atoms with Gasteiger partial charge in [0.25, 0.3) is 0 Å². The number of hydrogen-bond donors (Lipinski definition) is 2. The van der Waals surface area contributed by atoms with Crippen molar-refractivity contribution in [2.45, 2.75) is 86.6 Å². The lowest BCUT2D eigenvalue weighted by molar-refractivity contribution is -0.274. The third-order valence-corrected chi connectivity index (χ3v) is 7.35. The summed E-state index contributed by atoms with van der Waals surface area (Å²) in [6, 6.07) is 0. The van der Waals surface area contributed by atoms with Crippen LogP contribution in [0.4, 0.5) is 9.59 Å². The van der Waals surface area contributed by atoms with E-state index in [9.17, 15) is 19.8 Å². The van der Waals surface area contributed by atoms with Crippen molar-refractivity contribution in [3.63, 3.8) is 0 Å². The van der Waals surface area contributed by atoms with Gasteiger partial charge in [0.05, 0.1) is 24.0 Å². The first kappa shape index (κ1) is 32.9. The van der Waals surface area contributed by atoms with Crippen molar-refractivity contribution in [1.82, 2.24) is 9.80 Å². The van der Waals surface area contributed by atoms with Crippen LogP contribution in [0.1, 0.15) is 27.7 Å². The maximum atomic E-state index is 11.6. The molecule has 0 bridgehead atoms. The topological polar surface area (TPSA) is 136 Å². The fraction of sp³-hybridized carbons (Fsp3) is 0.769. The van der Waals surface area contributed by atoms with Crippen LogP contribution in [-0.4, -0.2) is 133 Å². The Hall–Kier alpha value is -1.64. The molecule has 4 aliphatic rings. The monoisotopic (exact) mass is 610 g/mol. The van der Waals surface area contributed by atoms with Crippen molar-refractivity contribution >= 4 is 35.4 Å². The van der Waals surface area contributed by atoms with E-state index in [4.69, 9.17) is 51.6 Å². The molecule has 40 heavy (non-hydrogen) atoms. The Balaban J connectivity index is 0.000000220. The zero-order chi connectivity index (χ0) is 30.2. The van der Waals surface area contributed by atoms with Gasteiger partial charge in [0, 0.05) is 28.2 Å². The Morgan fingerprint density at radius 3 is 1.40 bits per heavy atom. The molecule has 0 aromatic rings. The average molecular weight is 612 g/mol. The summed E-state index contributed by atoms with van der Waals surface area (Å²) in [4.78, 5) is 25.8. The van der Waals surface area contributed by atoms with Gasteiger partial charge in [-0.05, 0) is 38.8 Å². The standard InChI is InChI=1S/2C13H20ClNO5/c2*1-13(2)18-6-7-5-8(14)11(9(16)10(7)20-13)19-12(17)15(3)4/h2*5,8-11,16H,6H2,1-4H3/t2*8-,9-,10+,11+/m00/s1. The Labute approximate surface area is 244 Å². The SMILES string of the molecule is CN(C)C(=O)O[C@H]1[C@@H](O)[C@@H]2OC(C)(C)OCC2=C[C@@H]1Cl.CN(C)C(=O)O[C@H]1[C@@H](O)[C@@H]2OC(C)(C)OCC2=C[C@@H]1Cl. The average Bonchev–Trinajstić information content (AvgIpc) is 2.85. The van der Waals surface area contributed by atoms with E-state index in [-0.39, 0.29) is 0 Å². The summed E-state index contributed by atoms with van der Waals surface area (Å²) in [7, 11) is 6.26. The smallest absolute Gasteiger partial charge is 0.409 e.